The monoisotopic (exact) mass is 432 g/mol. The summed E-state index contributed by atoms with van der Waals surface area (Å²) in [6.07, 6.45) is 3.48. The van der Waals surface area contributed by atoms with Crippen LogP contribution in [0.25, 0.3) is 0 Å². The molecular formula is C14H23Cl2IN2O. The molecule has 3 nitrogen and oxygen atoms in total. The minimum atomic E-state index is 0. The molecule has 6 heteroatoms. The maximum Gasteiger partial charge on any atom is 0.120 e. The SMILES string of the molecule is Cl.Cl.N[C@@H]1CCCN(CCCOc2cccc(I)c2)C1. The van der Waals surface area contributed by atoms with E-state index >= 15 is 0 Å². The minimum absolute atomic E-state index is 0. The topological polar surface area (TPSA) is 38.5 Å². The van der Waals surface area contributed by atoms with Gasteiger partial charge in [0.05, 0.1) is 6.61 Å². The van der Waals surface area contributed by atoms with E-state index < -0.39 is 0 Å². The number of nitrogens with two attached hydrogens (primary N) is 1. The number of piperidine rings is 1. The molecule has 0 radical (unpaired) electrons. The van der Waals surface area contributed by atoms with Crippen molar-refractivity contribution in [2.45, 2.75) is 25.3 Å². The fraction of sp³-hybridized carbons (Fsp3) is 0.571. The molecule has 1 heterocycles. The largest absolute Gasteiger partial charge is 0.494 e. The summed E-state index contributed by atoms with van der Waals surface area (Å²) in [6.45, 7) is 4.11. The first-order chi connectivity index (χ1) is 8.74. The van der Waals surface area contributed by atoms with Crippen LogP contribution in [0.2, 0.25) is 0 Å². The highest BCUT2D eigenvalue weighted by Crippen LogP contribution is 2.15. The number of halogens is 3. The average Bonchev–Trinajstić information content (AvgIpc) is 2.35. The molecule has 1 saturated heterocycles. The van der Waals surface area contributed by atoms with Gasteiger partial charge in [-0.05, 0) is 66.6 Å². The van der Waals surface area contributed by atoms with Gasteiger partial charge >= 0.3 is 0 Å². The van der Waals surface area contributed by atoms with E-state index in [4.69, 9.17) is 10.5 Å². The van der Waals surface area contributed by atoms with E-state index in [0.29, 0.717) is 6.04 Å². The number of nitrogens with zero attached hydrogens (tertiary/aromatic N) is 1. The zero-order chi connectivity index (χ0) is 12.8. The van der Waals surface area contributed by atoms with Crippen molar-refractivity contribution in [2.75, 3.05) is 26.2 Å². The molecule has 0 aromatic heterocycles. The van der Waals surface area contributed by atoms with Gasteiger partial charge in [0.25, 0.3) is 0 Å². The van der Waals surface area contributed by atoms with Gasteiger partial charge < -0.3 is 15.4 Å². The third kappa shape index (κ3) is 7.31. The summed E-state index contributed by atoms with van der Waals surface area (Å²) in [5.41, 5.74) is 5.96. The lowest BCUT2D eigenvalue weighted by atomic mass is 10.1. The second-order valence-electron chi connectivity index (χ2n) is 4.86. The normalized spacial score (nSPS) is 18.8. The lowest BCUT2D eigenvalue weighted by molar-refractivity contribution is 0.190. The van der Waals surface area contributed by atoms with E-state index in [1.54, 1.807) is 0 Å². The minimum Gasteiger partial charge on any atom is -0.494 e. The van der Waals surface area contributed by atoms with E-state index in [-0.39, 0.29) is 24.8 Å². The molecule has 1 atom stereocenters. The van der Waals surface area contributed by atoms with Gasteiger partial charge in [-0.1, -0.05) is 6.07 Å². The number of hydrogen-bond acceptors (Lipinski definition) is 3. The number of likely N-dealkylation sites (tertiary alicyclic amines) is 1. The van der Waals surface area contributed by atoms with Crippen molar-refractivity contribution in [3.8, 4) is 5.75 Å². The zero-order valence-corrected chi connectivity index (χ0v) is 15.3. The fourth-order valence-corrected chi connectivity index (χ4v) is 2.84. The number of ether oxygens (including phenoxy) is 1. The Labute approximate surface area is 147 Å². The molecule has 0 unspecified atom stereocenters. The van der Waals surface area contributed by atoms with Crippen molar-refractivity contribution in [1.82, 2.24) is 4.90 Å². The Morgan fingerprint density at radius 1 is 1.35 bits per heavy atom. The predicted molar refractivity (Wildman–Crippen MR) is 97.4 cm³/mol. The molecule has 0 aliphatic carbocycles. The van der Waals surface area contributed by atoms with Crippen molar-refractivity contribution < 1.29 is 4.74 Å². The first-order valence-electron chi connectivity index (χ1n) is 6.60. The lowest BCUT2D eigenvalue weighted by Crippen LogP contribution is -2.43. The molecule has 116 valence electrons. The second-order valence-corrected chi connectivity index (χ2v) is 6.11. The first kappa shape index (κ1) is 20.2. The maximum absolute atomic E-state index is 5.96. The molecule has 2 N–H and O–H groups in total. The van der Waals surface area contributed by atoms with E-state index in [2.05, 4.69) is 39.6 Å². The van der Waals surface area contributed by atoms with Crippen molar-refractivity contribution in [1.29, 1.82) is 0 Å². The molecule has 0 amide bonds. The lowest BCUT2D eigenvalue weighted by Gasteiger charge is -2.30. The Hall–Kier alpha value is 0.250. The summed E-state index contributed by atoms with van der Waals surface area (Å²) in [5.74, 6) is 0.970. The standard InChI is InChI=1S/C14H21IN2O.2ClH/c15-12-4-1-6-14(10-12)18-9-3-8-17-7-2-5-13(16)11-17;;/h1,4,6,10,13H,2-3,5,7-9,11,16H2;2*1H/t13-;;/m1../s1. The summed E-state index contributed by atoms with van der Waals surface area (Å²) >= 11 is 2.30. The third-order valence-corrected chi connectivity index (χ3v) is 3.90. The van der Waals surface area contributed by atoms with Crippen molar-refractivity contribution in [3.05, 3.63) is 27.8 Å². The Morgan fingerprint density at radius 2 is 2.15 bits per heavy atom. The summed E-state index contributed by atoms with van der Waals surface area (Å²) in [5, 5.41) is 0. The zero-order valence-electron chi connectivity index (χ0n) is 11.5. The van der Waals surface area contributed by atoms with E-state index in [9.17, 15) is 0 Å². The van der Waals surface area contributed by atoms with Crippen LogP contribution in [-0.2, 0) is 0 Å². The Morgan fingerprint density at radius 3 is 2.85 bits per heavy atom. The van der Waals surface area contributed by atoms with Gasteiger partial charge in [0.15, 0.2) is 0 Å². The van der Waals surface area contributed by atoms with E-state index in [1.165, 1.54) is 23.0 Å². The Balaban J connectivity index is 0.00000180. The van der Waals surface area contributed by atoms with Crippen LogP contribution in [0.4, 0.5) is 0 Å². The molecule has 0 bridgehead atoms. The van der Waals surface area contributed by atoms with Crippen molar-refractivity contribution >= 4 is 47.4 Å². The molecule has 1 aromatic carbocycles. The van der Waals surface area contributed by atoms with Gasteiger partial charge in [0, 0.05) is 22.7 Å². The maximum atomic E-state index is 5.96. The van der Waals surface area contributed by atoms with E-state index in [1.807, 2.05) is 12.1 Å². The quantitative estimate of drug-likeness (QED) is 0.572. The Kier molecular flexibility index (Phi) is 11.0. The van der Waals surface area contributed by atoms with Gasteiger partial charge in [-0.2, -0.15) is 0 Å². The average molecular weight is 433 g/mol. The van der Waals surface area contributed by atoms with Gasteiger partial charge in [0.1, 0.15) is 5.75 Å². The third-order valence-electron chi connectivity index (χ3n) is 3.23. The molecule has 1 aliphatic heterocycles. The van der Waals surface area contributed by atoms with Crippen LogP contribution in [0.1, 0.15) is 19.3 Å². The van der Waals surface area contributed by atoms with Crippen LogP contribution in [-0.4, -0.2) is 37.2 Å². The highest BCUT2D eigenvalue weighted by Gasteiger charge is 2.15. The highest BCUT2D eigenvalue weighted by atomic mass is 127. The van der Waals surface area contributed by atoms with Gasteiger partial charge in [-0.25, -0.2) is 0 Å². The molecule has 1 aliphatic rings. The smallest absolute Gasteiger partial charge is 0.120 e. The van der Waals surface area contributed by atoms with Gasteiger partial charge in [-0.3, -0.25) is 0 Å². The molecule has 0 saturated carbocycles. The molecule has 1 aromatic rings. The summed E-state index contributed by atoms with van der Waals surface area (Å²) in [6, 6.07) is 8.55. The molecule has 1 fully saturated rings. The van der Waals surface area contributed by atoms with Crippen molar-refractivity contribution in [3.63, 3.8) is 0 Å². The first-order valence-corrected chi connectivity index (χ1v) is 7.68. The molecule has 0 spiro atoms. The van der Waals surface area contributed by atoms with Gasteiger partial charge in [0.2, 0.25) is 0 Å². The van der Waals surface area contributed by atoms with Crippen LogP contribution >= 0.6 is 47.4 Å². The summed E-state index contributed by atoms with van der Waals surface area (Å²) in [7, 11) is 0. The number of rotatable bonds is 5. The molecular weight excluding hydrogens is 410 g/mol. The summed E-state index contributed by atoms with van der Waals surface area (Å²) < 4.78 is 6.96. The predicted octanol–water partition coefficient (Wildman–Crippen LogP) is 3.33. The second kappa shape index (κ2) is 10.9. The fourth-order valence-electron chi connectivity index (χ4n) is 2.33. The molecule has 2 rings (SSSR count). The van der Waals surface area contributed by atoms with E-state index in [0.717, 1.165) is 31.9 Å². The number of hydrogen-bond donors (Lipinski definition) is 1. The molecule has 20 heavy (non-hydrogen) atoms. The van der Waals surface area contributed by atoms with Crippen LogP contribution in [0.5, 0.6) is 5.75 Å². The van der Waals surface area contributed by atoms with Crippen LogP contribution in [0.3, 0.4) is 0 Å². The van der Waals surface area contributed by atoms with Gasteiger partial charge in [-0.15, -0.1) is 24.8 Å². The summed E-state index contributed by atoms with van der Waals surface area (Å²) in [4.78, 5) is 2.45. The van der Waals surface area contributed by atoms with Crippen LogP contribution < -0.4 is 10.5 Å². The van der Waals surface area contributed by atoms with Crippen molar-refractivity contribution in [2.24, 2.45) is 5.73 Å². The van der Waals surface area contributed by atoms with Crippen LogP contribution in [0.15, 0.2) is 24.3 Å². The Bertz CT molecular complexity index is 382. The number of benzene rings is 1. The highest BCUT2D eigenvalue weighted by molar-refractivity contribution is 14.1. The van der Waals surface area contributed by atoms with Crippen LogP contribution in [0, 0.1) is 3.57 Å².